The van der Waals surface area contributed by atoms with Gasteiger partial charge in [0, 0.05) is 17.2 Å². The number of nitrogen functional groups attached to an aromatic ring is 1. The molecule has 0 aromatic heterocycles. The molecular formula is C16H23NO2. The zero-order valence-electron chi connectivity index (χ0n) is 12.0. The van der Waals surface area contributed by atoms with E-state index in [1.54, 1.807) is 25.3 Å². The van der Waals surface area contributed by atoms with Gasteiger partial charge in [0.2, 0.25) is 0 Å². The van der Waals surface area contributed by atoms with Crippen LogP contribution in [0.4, 0.5) is 5.69 Å². The molecule has 1 aliphatic carbocycles. The Hall–Kier alpha value is -1.51. The molecule has 0 amide bonds. The normalized spacial score (nSPS) is 27.0. The van der Waals surface area contributed by atoms with Crippen molar-refractivity contribution in [2.75, 3.05) is 12.8 Å². The Morgan fingerprint density at radius 3 is 2.63 bits per heavy atom. The van der Waals surface area contributed by atoms with Crippen molar-refractivity contribution in [2.24, 2.45) is 17.8 Å². The largest absolute Gasteiger partial charge is 0.497 e. The van der Waals surface area contributed by atoms with Crippen molar-refractivity contribution >= 4 is 11.5 Å². The van der Waals surface area contributed by atoms with E-state index in [1.165, 1.54) is 0 Å². The number of methoxy groups -OCH3 is 1. The Kier molecular flexibility index (Phi) is 4.13. The van der Waals surface area contributed by atoms with Gasteiger partial charge in [-0.1, -0.05) is 13.8 Å². The number of ketones is 1. The highest BCUT2D eigenvalue weighted by atomic mass is 16.5. The van der Waals surface area contributed by atoms with Crippen molar-refractivity contribution in [3.63, 3.8) is 0 Å². The first-order valence-electron chi connectivity index (χ1n) is 7.00. The lowest BCUT2D eigenvalue weighted by Gasteiger charge is -2.31. The van der Waals surface area contributed by atoms with Crippen LogP contribution in [0.5, 0.6) is 5.75 Å². The summed E-state index contributed by atoms with van der Waals surface area (Å²) in [6.07, 6.45) is 3.07. The summed E-state index contributed by atoms with van der Waals surface area (Å²) in [4.78, 5) is 12.6. The van der Waals surface area contributed by atoms with E-state index in [0.29, 0.717) is 28.8 Å². The van der Waals surface area contributed by atoms with E-state index in [-0.39, 0.29) is 11.7 Å². The molecule has 1 saturated carbocycles. The van der Waals surface area contributed by atoms with Gasteiger partial charge in [-0.3, -0.25) is 4.79 Å². The van der Waals surface area contributed by atoms with E-state index >= 15 is 0 Å². The van der Waals surface area contributed by atoms with Gasteiger partial charge in [-0.2, -0.15) is 0 Å². The van der Waals surface area contributed by atoms with Gasteiger partial charge in [0.05, 0.1) is 7.11 Å². The van der Waals surface area contributed by atoms with Gasteiger partial charge in [0.25, 0.3) is 0 Å². The van der Waals surface area contributed by atoms with Crippen LogP contribution in [0.25, 0.3) is 0 Å². The highest BCUT2D eigenvalue weighted by molar-refractivity contribution is 6.02. The van der Waals surface area contributed by atoms with E-state index in [0.717, 1.165) is 19.3 Å². The maximum absolute atomic E-state index is 12.6. The summed E-state index contributed by atoms with van der Waals surface area (Å²) >= 11 is 0. The first-order chi connectivity index (χ1) is 9.02. The average Bonchev–Trinajstić information content (AvgIpc) is 2.41. The molecule has 0 radical (unpaired) electrons. The molecule has 104 valence electrons. The second kappa shape index (κ2) is 5.64. The standard InChI is InChI=1S/C16H23NO2/c1-10-4-5-12(8-11(10)2)16(18)14-9-13(19-3)6-7-15(14)17/h6-7,9-12H,4-5,8,17H2,1-3H3. The predicted molar refractivity (Wildman–Crippen MR) is 77.4 cm³/mol. The van der Waals surface area contributed by atoms with Crippen molar-refractivity contribution in [1.29, 1.82) is 0 Å². The third-order valence-corrected chi connectivity index (χ3v) is 4.49. The van der Waals surface area contributed by atoms with E-state index in [4.69, 9.17) is 10.5 Å². The van der Waals surface area contributed by atoms with Crippen LogP contribution in [0.3, 0.4) is 0 Å². The molecule has 19 heavy (non-hydrogen) atoms. The molecule has 0 heterocycles. The minimum Gasteiger partial charge on any atom is -0.497 e. The average molecular weight is 261 g/mol. The summed E-state index contributed by atoms with van der Waals surface area (Å²) in [6, 6.07) is 5.30. The van der Waals surface area contributed by atoms with E-state index in [2.05, 4.69) is 13.8 Å². The zero-order chi connectivity index (χ0) is 14.0. The number of hydrogen-bond donors (Lipinski definition) is 1. The smallest absolute Gasteiger partial charge is 0.168 e. The van der Waals surface area contributed by atoms with Gasteiger partial charge in [0.15, 0.2) is 5.78 Å². The highest BCUT2D eigenvalue weighted by Gasteiger charge is 2.30. The first kappa shape index (κ1) is 13.9. The summed E-state index contributed by atoms with van der Waals surface area (Å²) in [5.41, 5.74) is 7.11. The molecule has 3 atom stereocenters. The summed E-state index contributed by atoms with van der Waals surface area (Å²) in [5.74, 6) is 2.30. The fraction of sp³-hybridized carbons (Fsp3) is 0.562. The lowest BCUT2D eigenvalue weighted by molar-refractivity contribution is 0.0838. The van der Waals surface area contributed by atoms with Gasteiger partial charge >= 0.3 is 0 Å². The van der Waals surface area contributed by atoms with Crippen LogP contribution in [0.2, 0.25) is 0 Å². The second-order valence-corrected chi connectivity index (χ2v) is 5.78. The molecule has 1 aliphatic rings. The quantitative estimate of drug-likeness (QED) is 0.669. The Labute approximate surface area is 115 Å². The van der Waals surface area contributed by atoms with Crippen LogP contribution in [0, 0.1) is 17.8 Å². The van der Waals surface area contributed by atoms with Gasteiger partial charge in [0.1, 0.15) is 5.75 Å². The monoisotopic (exact) mass is 261 g/mol. The fourth-order valence-electron chi connectivity index (χ4n) is 2.88. The van der Waals surface area contributed by atoms with Crippen LogP contribution < -0.4 is 10.5 Å². The third kappa shape index (κ3) is 2.91. The molecule has 0 saturated heterocycles. The number of Topliss-reactive ketones (excluding diaryl/α,β-unsaturated/α-hetero) is 1. The minimum atomic E-state index is 0.112. The van der Waals surface area contributed by atoms with Crippen LogP contribution in [-0.2, 0) is 0 Å². The number of carbonyl (C=O) groups is 1. The molecule has 3 nitrogen and oxygen atoms in total. The van der Waals surface area contributed by atoms with E-state index in [1.807, 2.05) is 0 Å². The van der Waals surface area contributed by atoms with Crippen molar-refractivity contribution in [2.45, 2.75) is 33.1 Å². The number of benzene rings is 1. The van der Waals surface area contributed by atoms with Crippen molar-refractivity contribution in [1.82, 2.24) is 0 Å². The molecule has 1 aromatic carbocycles. The summed E-state index contributed by atoms with van der Waals surface area (Å²) in [7, 11) is 1.60. The molecule has 0 aliphatic heterocycles. The number of hydrogen-bond acceptors (Lipinski definition) is 3. The Balaban J connectivity index is 2.20. The van der Waals surface area contributed by atoms with E-state index in [9.17, 15) is 4.79 Å². The lowest BCUT2D eigenvalue weighted by atomic mass is 9.73. The molecule has 1 aromatic rings. The van der Waals surface area contributed by atoms with Crippen LogP contribution in [-0.4, -0.2) is 12.9 Å². The lowest BCUT2D eigenvalue weighted by Crippen LogP contribution is -2.27. The molecule has 2 rings (SSSR count). The molecule has 0 bridgehead atoms. The summed E-state index contributed by atoms with van der Waals surface area (Å²) in [6.45, 7) is 4.50. The first-order valence-corrected chi connectivity index (χ1v) is 7.00. The SMILES string of the molecule is COc1ccc(N)c(C(=O)C2CCC(C)C(C)C2)c1. The molecule has 2 N–H and O–H groups in total. The van der Waals surface area contributed by atoms with Crippen molar-refractivity contribution < 1.29 is 9.53 Å². The van der Waals surface area contributed by atoms with Crippen molar-refractivity contribution in [3.05, 3.63) is 23.8 Å². The number of anilines is 1. The topological polar surface area (TPSA) is 52.3 Å². The Bertz CT molecular complexity index is 470. The predicted octanol–water partition coefficient (Wildman–Crippen LogP) is 3.53. The van der Waals surface area contributed by atoms with Gasteiger partial charge in [-0.05, 0) is 49.3 Å². The molecule has 0 spiro atoms. The number of carbonyl (C=O) groups excluding carboxylic acids is 1. The number of rotatable bonds is 3. The summed E-state index contributed by atoms with van der Waals surface area (Å²) in [5, 5.41) is 0. The maximum Gasteiger partial charge on any atom is 0.168 e. The molecule has 1 fully saturated rings. The number of ether oxygens (including phenoxy) is 1. The van der Waals surface area contributed by atoms with Gasteiger partial charge in [-0.25, -0.2) is 0 Å². The molecular weight excluding hydrogens is 238 g/mol. The second-order valence-electron chi connectivity index (χ2n) is 5.78. The third-order valence-electron chi connectivity index (χ3n) is 4.49. The summed E-state index contributed by atoms with van der Waals surface area (Å²) < 4.78 is 5.18. The van der Waals surface area contributed by atoms with Crippen molar-refractivity contribution in [3.8, 4) is 5.75 Å². The van der Waals surface area contributed by atoms with Gasteiger partial charge < -0.3 is 10.5 Å². The Morgan fingerprint density at radius 1 is 1.26 bits per heavy atom. The van der Waals surface area contributed by atoms with E-state index < -0.39 is 0 Å². The number of nitrogens with two attached hydrogens (primary N) is 1. The zero-order valence-corrected chi connectivity index (χ0v) is 12.0. The molecule has 3 heteroatoms. The minimum absolute atomic E-state index is 0.112. The highest BCUT2D eigenvalue weighted by Crippen LogP contribution is 2.36. The molecule has 3 unspecified atom stereocenters. The fourth-order valence-corrected chi connectivity index (χ4v) is 2.88. The van der Waals surface area contributed by atoms with Crippen LogP contribution in [0.15, 0.2) is 18.2 Å². The van der Waals surface area contributed by atoms with Crippen LogP contribution >= 0.6 is 0 Å². The maximum atomic E-state index is 12.6. The van der Waals surface area contributed by atoms with Gasteiger partial charge in [-0.15, -0.1) is 0 Å². The van der Waals surface area contributed by atoms with Crippen LogP contribution in [0.1, 0.15) is 43.5 Å². The Morgan fingerprint density at radius 2 is 2.00 bits per heavy atom.